The lowest BCUT2D eigenvalue weighted by atomic mass is 10.2. The van der Waals surface area contributed by atoms with Crippen LogP contribution in [-0.2, 0) is 9.59 Å². The lowest BCUT2D eigenvalue weighted by Gasteiger charge is -2.07. The van der Waals surface area contributed by atoms with Crippen LogP contribution in [0.4, 0.5) is 5.69 Å². The molecule has 1 rings (SSSR count). The van der Waals surface area contributed by atoms with Crippen molar-refractivity contribution in [2.45, 2.75) is 26.7 Å². The Labute approximate surface area is 124 Å². The molecule has 0 spiro atoms. The summed E-state index contributed by atoms with van der Waals surface area (Å²) in [7, 11) is 0. The summed E-state index contributed by atoms with van der Waals surface area (Å²) in [4.78, 5) is 33.9. The van der Waals surface area contributed by atoms with Crippen LogP contribution in [-0.4, -0.2) is 30.8 Å². The molecule has 0 aliphatic carbocycles. The molecule has 0 saturated heterocycles. The summed E-state index contributed by atoms with van der Waals surface area (Å²) < 4.78 is 0. The van der Waals surface area contributed by atoms with Crippen molar-refractivity contribution >= 4 is 23.4 Å². The third kappa shape index (κ3) is 6.56. The predicted octanol–water partition coefficient (Wildman–Crippen LogP) is 1.29. The van der Waals surface area contributed by atoms with Crippen LogP contribution in [0, 0.1) is 0 Å². The first-order valence-electron chi connectivity index (χ1n) is 6.95. The van der Waals surface area contributed by atoms with Gasteiger partial charge in [0, 0.05) is 37.7 Å². The smallest absolute Gasteiger partial charge is 0.251 e. The van der Waals surface area contributed by atoms with Crippen LogP contribution >= 0.6 is 0 Å². The molecule has 0 saturated carbocycles. The average molecular weight is 291 g/mol. The van der Waals surface area contributed by atoms with E-state index in [2.05, 4.69) is 16.0 Å². The van der Waals surface area contributed by atoms with Crippen LogP contribution in [0.1, 0.15) is 37.0 Å². The van der Waals surface area contributed by atoms with Gasteiger partial charge in [0.05, 0.1) is 0 Å². The second kappa shape index (κ2) is 8.73. The molecule has 0 aliphatic rings. The van der Waals surface area contributed by atoms with Crippen LogP contribution in [0.5, 0.6) is 0 Å². The Morgan fingerprint density at radius 3 is 2.19 bits per heavy atom. The molecule has 0 heterocycles. The first kappa shape index (κ1) is 16.7. The van der Waals surface area contributed by atoms with Gasteiger partial charge in [-0.05, 0) is 30.7 Å². The second-order valence-electron chi connectivity index (χ2n) is 4.61. The molecule has 0 aliphatic heterocycles. The SMILES string of the molecule is CCCC(=O)Nc1ccc(C(=O)NCCNC(C)=O)cc1. The molecule has 6 nitrogen and oxygen atoms in total. The van der Waals surface area contributed by atoms with E-state index in [0.717, 1.165) is 6.42 Å². The number of anilines is 1. The molecule has 0 radical (unpaired) electrons. The van der Waals surface area contributed by atoms with E-state index in [9.17, 15) is 14.4 Å². The largest absolute Gasteiger partial charge is 0.355 e. The monoisotopic (exact) mass is 291 g/mol. The third-order valence-electron chi connectivity index (χ3n) is 2.69. The zero-order valence-electron chi connectivity index (χ0n) is 12.4. The molecular formula is C15H21N3O3. The maximum atomic E-state index is 11.8. The van der Waals surface area contributed by atoms with Crippen molar-refractivity contribution in [1.82, 2.24) is 10.6 Å². The van der Waals surface area contributed by atoms with Crippen LogP contribution in [0.3, 0.4) is 0 Å². The Kier molecular flexibility index (Phi) is 6.94. The van der Waals surface area contributed by atoms with Gasteiger partial charge in [0.15, 0.2) is 0 Å². The summed E-state index contributed by atoms with van der Waals surface area (Å²) in [6.07, 6.45) is 1.27. The topological polar surface area (TPSA) is 87.3 Å². The minimum Gasteiger partial charge on any atom is -0.355 e. The Morgan fingerprint density at radius 2 is 1.62 bits per heavy atom. The first-order valence-corrected chi connectivity index (χ1v) is 6.95. The number of amides is 3. The summed E-state index contributed by atoms with van der Waals surface area (Å²) in [6, 6.07) is 6.68. The molecule has 0 bridgehead atoms. The molecule has 6 heteroatoms. The lowest BCUT2D eigenvalue weighted by molar-refractivity contribution is -0.119. The number of nitrogens with one attached hydrogen (secondary N) is 3. The van der Waals surface area contributed by atoms with Gasteiger partial charge in [-0.2, -0.15) is 0 Å². The van der Waals surface area contributed by atoms with Gasteiger partial charge >= 0.3 is 0 Å². The highest BCUT2D eigenvalue weighted by Gasteiger charge is 2.06. The van der Waals surface area contributed by atoms with E-state index in [1.807, 2.05) is 6.92 Å². The van der Waals surface area contributed by atoms with Crippen molar-refractivity contribution in [3.63, 3.8) is 0 Å². The number of hydrogen-bond acceptors (Lipinski definition) is 3. The van der Waals surface area contributed by atoms with Gasteiger partial charge in [0.25, 0.3) is 5.91 Å². The Balaban J connectivity index is 2.44. The Morgan fingerprint density at radius 1 is 1.00 bits per heavy atom. The number of carbonyl (C=O) groups is 3. The standard InChI is InChI=1S/C15H21N3O3/c1-3-4-14(20)18-13-7-5-12(6-8-13)15(21)17-10-9-16-11(2)19/h5-8H,3-4,9-10H2,1-2H3,(H,16,19)(H,17,21)(H,18,20). The van der Waals surface area contributed by atoms with E-state index in [1.165, 1.54) is 6.92 Å². The molecule has 0 atom stereocenters. The minimum absolute atomic E-state index is 0.0370. The minimum atomic E-state index is -0.216. The maximum Gasteiger partial charge on any atom is 0.251 e. The van der Waals surface area contributed by atoms with Crippen LogP contribution in [0.2, 0.25) is 0 Å². The fourth-order valence-electron chi connectivity index (χ4n) is 1.67. The van der Waals surface area contributed by atoms with E-state index < -0.39 is 0 Å². The second-order valence-corrected chi connectivity index (χ2v) is 4.61. The lowest BCUT2D eigenvalue weighted by Crippen LogP contribution is -2.33. The maximum absolute atomic E-state index is 11.8. The van der Waals surface area contributed by atoms with Crippen molar-refractivity contribution in [3.05, 3.63) is 29.8 Å². The van der Waals surface area contributed by atoms with Crippen LogP contribution in [0.15, 0.2) is 24.3 Å². The van der Waals surface area contributed by atoms with Gasteiger partial charge in [0.2, 0.25) is 11.8 Å². The highest BCUT2D eigenvalue weighted by molar-refractivity contribution is 5.95. The summed E-state index contributed by atoms with van der Waals surface area (Å²) in [5.41, 5.74) is 1.18. The molecule has 0 aromatic heterocycles. The molecule has 3 N–H and O–H groups in total. The summed E-state index contributed by atoms with van der Waals surface area (Å²) in [6.45, 7) is 4.13. The average Bonchev–Trinajstić information content (AvgIpc) is 2.44. The van der Waals surface area contributed by atoms with Gasteiger partial charge in [-0.15, -0.1) is 0 Å². The van der Waals surface area contributed by atoms with E-state index in [4.69, 9.17) is 0 Å². The zero-order valence-corrected chi connectivity index (χ0v) is 12.4. The van der Waals surface area contributed by atoms with Gasteiger partial charge in [0.1, 0.15) is 0 Å². The highest BCUT2D eigenvalue weighted by atomic mass is 16.2. The van der Waals surface area contributed by atoms with Crippen molar-refractivity contribution < 1.29 is 14.4 Å². The molecule has 21 heavy (non-hydrogen) atoms. The fraction of sp³-hybridized carbons (Fsp3) is 0.400. The summed E-state index contributed by atoms with van der Waals surface area (Å²) in [5.74, 6) is -0.381. The van der Waals surface area contributed by atoms with E-state index in [-0.39, 0.29) is 17.7 Å². The quantitative estimate of drug-likeness (QED) is 0.662. The molecule has 3 amide bonds. The number of rotatable bonds is 7. The molecule has 114 valence electrons. The van der Waals surface area contributed by atoms with Crippen LogP contribution < -0.4 is 16.0 Å². The molecule has 1 aromatic rings. The van der Waals surface area contributed by atoms with Crippen molar-refractivity contribution in [1.29, 1.82) is 0 Å². The number of hydrogen-bond donors (Lipinski definition) is 3. The van der Waals surface area contributed by atoms with E-state index in [1.54, 1.807) is 24.3 Å². The van der Waals surface area contributed by atoms with Crippen LogP contribution in [0.25, 0.3) is 0 Å². The van der Waals surface area contributed by atoms with Crippen molar-refractivity contribution in [3.8, 4) is 0 Å². The first-order chi connectivity index (χ1) is 10.0. The predicted molar refractivity (Wildman–Crippen MR) is 81.0 cm³/mol. The van der Waals surface area contributed by atoms with Crippen molar-refractivity contribution in [2.75, 3.05) is 18.4 Å². The van der Waals surface area contributed by atoms with E-state index in [0.29, 0.717) is 30.8 Å². The third-order valence-corrected chi connectivity index (χ3v) is 2.69. The Hall–Kier alpha value is -2.37. The number of carbonyl (C=O) groups excluding carboxylic acids is 3. The number of benzene rings is 1. The summed E-state index contributed by atoms with van der Waals surface area (Å²) >= 11 is 0. The van der Waals surface area contributed by atoms with Gasteiger partial charge in [-0.1, -0.05) is 6.92 Å². The van der Waals surface area contributed by atoms with Gasteiger partial charge in [-0.25, -0.2) is 0 Å². The van der Waals surface area contributed by atoms with Crippen molar-refractivity contribution in [2.24, 2.45) is 0 Å². The van der Waals surface area contributed by atoms with Gasteiger partial charge in [-0.3, -0.25) is 14.4 Å². The normalized spacial score (nSPS) is 9.81. The van der Waals surface area contributed by atoms with Gasteiger partial charge < -0.3 is 16.0 Å². The Bertz CT molecular complexity index is 497. The highest BCUT2D eigenvalue weighted by Crippen LogP contribution is 2.10. The fourth-order valence-corrected chi connectivity index (χ4v) is 1.67. The zero-order chi connectivity index (χ0) is 15.7. The molecular weight excluding hydrogens is 270 g/mol. The molecule has 0 unspecified atom stereocenters. The molecule has 0 fully saturated rings. The summed E-state index contributed by atoms with van der Waals surface area (Å²) in [5, 5.41) is 8.04. The van der Waals surface area contributed by atoms with E-state index >= 15 is 0 Å². The molecule has 1 aromatic carbocycles.